The normalized spacial score (nSPS) is 16.8. The van der Waals surface area contributed by atoms with Crippen molar-refractivity contribution in [1.82, 2.24) is 5.32 Å². The quantitative estimate of drug-likeness (QED) is 0.847. The lowest BCUT2D eigenvalue weighted by molar-refractivity contribution is 0.0770. The van der Waals surface area contributed by atoms with Crippen molar-refractivity contribution in [2.75, 3.05) is 26.4 Å². The van der Waals surface area contributed by atoms with Crippen LogP contribution in [0, 0.1) is 5.82 Å². The van der Waals surface area contributed by atoms with Gasteiger partial charge < -0.3 is 14.8 Å². The van der Waals surface area contributed by atoms with E-state index in [1.165, 1.54) is 6.07 Å². The monoisotopic (exact) mass is 317 g/mol. The summed E-state index contributed by atoms with van der Waals surface area (Å²) in [5.74, 6) is 0.403. The molecular weight excluding hydrogens is 301 g/mol. The molecule has 100 valence electrons. The molecule has 1 aliphatic heterocycles. The molecule has 0 unspecified atom stereocenters. The second-order valence-corrected chi connectivity index (χ2v) is 5.12. The first-order chi connectivity index (χ1) is 8.75. The second-order valence-electron chi connectivity index (χ2n) is 4.27. The highest BCUT2D eigenvalue weighted by molar-refractivity contribution is 9.10. The van der Waals surface area contributed by atoms with E-state index in [0.29, 0.717) is 22.9 Å². The van der Waals surface area contributed by atoms with Gasteiger partial charge in [0, 0.05) is 25.8 Å². The van der Waals surface area contributed by atoms with Crippen molar-refractivity contribution in [3.63, 3.8) is 0 Å². The summed E-state index contributed by atoms with van der Waals surface area (Å²) in [5, 5.41) is 3.43. The van der Waals surface area contributed by atoms with E-state index in [4.69, 9.17) is 9.47 Å². The van der Waals surface area contributed by atoms with Gasteiger partial charge in [0.25, 0.3) is 0 Å². The van der Waals surface area contributed by atoms with Gasteiger partial charge in [-0.2, -0.15) is 0 Å². The average molecular weight is 318 g/mol. The Morgan fingerprint density at radius 1 is 1.39 bits per heavy atom. The maximum absolute atomic E-state index is 13.0. The maximum Gasteiger partial charge on any atom is 0.137 e. The first-order valence-electron chi connectivity index (χ1n) is 6.14. The largest absolute Gasteiger partial charge is 0.492 e. The molecule has 1 aromatic carbocycles. The molecule has 1 N–H and O–H groups in total. The number of benzene rings is 1. The van der Waals surface area contributed by atoms with Crippen LogP contribution in [0.15, 0.2) is 22.7 Å². The standard InChI is InChI=1S/C13H17BrFNO2/c14-12-9-11(1-2-13(12)15)18-8-5-16-10-3-6-17-7-4-10/h1-2,9-10,16H,3-8H2. The summed E-state index contributed by atoms with van der Waals surface area (Å²) < 4.78 is 24.3. The third-order valence-electron chi connectivity index (χ3n) is 2.92. The Balaban J connectivity index is 1.66. The van der Waals surface area contributed by atoms with Gasteiger partial charge >= 0.3 is 0 Å². The van der Waals surface area contributed by atoms with Crippen molar-refractivity contribution in [1.29, 1.82) is 0 Å². The van der Waals surface area contributed by atoms with Gasteiger partial charge in [-0.05, 0) is 47.0 Å². The smallest absolute Gasteiger partial charge is 0.137 e. The molecule has 2 rings (SSSR count). The molecule has 0 bridgehead atoms. The van der Waals surface area contributed by atoms with E-state index in [1.54, 1.807) is 12.1 Å². The van der Waals surface area contributed by atoms with Gasteiger partial charge in [0.2, 0.25) is 0 Å². The summed E-state index contributed by atoms with van der Waals surface area (Å²) in [7, 11) is 0. The Hall–Kier alpha value is -0.650. The van der Waals surface area contributed by atoms with Gasteiger partial charge in [0.05, 0.1) is 4.47 Å². The number of rotatable bonds is 5. The third-order valence-corrected chi connectivity index (χ3v) is 3.52. The Morgan fingerprint density at radius 2 is 2.17 bits per heavy atom. The lowest BCUT2D eigenvalue weighted by Gasteiger charge is -2.23. The summed E-state index contributed by atoms with van der Waals surface area (Å²) in [6.45, 7) is 3.04. The van der Waals surface area contributed by atoms with Crippen LogP contribution < -0.4 is 10.1 Å². The molecule has 3 nitrogen and oxygen atoms in total. The van der Waals surface area contributed by atoms with Crippen LogP contribution in [0.5, 0.6) is 5.75 Å². The highest BCUT2D eigenvalue weighted by atomic mass is 79.9. The summed E-state index contributed by atoms with van der Waals surface area (Å²) in [5.41, 5.74) is 0. The average Bonchev–Trinajstić information content (AvgIpc) is 2.40. The van der Waals surface area contributed by atoms with Crippen LogP contribution in [-0.4, -0.2) is 32.4 Å². The highest BCUT2D eigenvalue weighted by Crippen LogP contribution is 2.21. The molecule has 1 saturated heterocycles. The summed E-state index contributed by atoms with van der Waals surface area (Å²) >= 11 is 3.13. The van der Waals surface area contributed by atoms with E-state index in [-0.39, 0.29) is 5.82 Å². The lowest BCUT2D eigenvalue weighted by Crippen LogP contribution is -2.37. The fourth-order valence-electron chi connectivity index (χ4n) is 1.90. The molecule has 1 aliphatic rings. The highest BCUT2D eigenvalue weighted by Gasteiger charge is 2.12. The predicted octanol–water partition coefficient (Wildman–Crippen LogP) is 2.74. The topological polar surface area (TPSA) is 30.5 Å². The SMILES string of the molecule is Fc1ccc(OCCNC2CCOCC2)cc1Br. The molecule has 0 amide bonds. The van der Waals surface area contributed by atoms with Crippen LogP contribution in [0.25, 0.3) is 0 Å². The molecule has 18 heavy (non-hydrogen) atoms. The number of hydrogen-bond donors (Lipinski definition) is 1. The molecule has 0 saturated carbocycles. The van der Waals surface area contributed by atoms with Gasteiger partial charge in [-0.25, -0.2) is 4.39 Å². The van der Waals surface area contributed by atoms with Crippen molar-refractivity contribution in [3.8, 4) is 5.75 Å². The van der Waals surface area contributed by atoms with Crippen LogP contribution in [0.1, 0.15) is 12.8 Å². The van der Waals surface area contributed by atoms with Crippen LogP contribution >= 0.6 is 15.9 Å². The number of halogens is 2. The first-order valence-corrected chi connectivity index (χ1v) is 6.94. The lowest BCUT2D eigenvalue weighted by atomic mass is 10.1. The fraction of sp³-hybridized carbons (Fsp3) is 0.538. The molecule has 0 aromatic heterocycles. The van der Waals surface area contributed by atoms with Crippen molar-refractivity contribution >= 4 is 15.9 Å². The third kappa shape index (κ3) is 4.23. The van der Waals surface area contributed by atoms with E-state index in [0.717, 1.165) is 32.6 Å². The van der Waals surface area contributed by atoms with E-state index in [2.05, 4.69) is 21.2 Å². The molecule has 0 spiro atoms. The minimum atomic E-state index is -0.275. The predicted molar refractivity (Wildman–Crippen MR) is 71.4 cm³/mol. The molecule has 5 heteroatoms. The Kier molecular flexibility index (Phi) is 5.41. The van der Waals surface area contributed by atoms with E-state index in [1.807, 2.05) is 0 Å². The van der Waals surface area contributed by atoms with Gasteiger partial charge in [0.15, 0.2) is 0 Å². The summed E-state index contributed by atoms with van der Waals surface area (Å²) in [6.07, 6.45) is 2.12. The molecule has 0 radical (unpaired) electrons. The van der Waals surface area contributed by atoms with Gasteiger partial charge in [-0.3, -0.25) is 0 Å². The molecule has 1 heterocycles. The van der Waals surface area contributed by atoms with Gasteiger partial charge in [0.1, 0.15) is 18.2 Å². The Morgan fingerprint density at radius 3 is 2.89 bits per heavy atom. The fourth-order valence-corrected chi connectivity index (χ4v) is 2.26. The number of nitrogens with one attached hydrogen (secondary N) is 1. The van der Waals surface area contributed by atoms with Crippen molar-refractivity contribution in [2.45, 2.75) is 18.9 Å². The minimum absolute atomic E-state index is 0.275. The van der Waals surface area contributed by atoms with Crippen LogP contribution in [0.2, 0.25) is 0 Å². The molecule has 0 aliphatic carbocycles. The van der Waals surface area contributed by atoms with E-state index in [9.17, 15) is 4.39 Å². The van der Waals surface area contributed by atoms with Crippen LogP contribution in [0.3, 0.4) is 0 Å². The van der Waals surface area contributed by atoms with Crippen molar-refractivity contribution < 1.29 is 13.9 Å². The van der Waals surface area contributed by atoms with Crippen LogP contribution in [-0.2, 0) is 4.74 Å². The first kappa shape index (κ1) is 13.8. The molecule has 0 atom stereocenters. The zero-order valence-corrected chi connectivity index (χ0v) is 11.7. The Labute approximate surface area is 115 Å². The van der Waals surface area contributed by atoms with E-state index < -0.39 is 0 Å². The van der Waals surface area contributed by atoms with Crippen LogP contribution in [0.4, 0.5) is 4.39 Å². The maximum atomic E-state index is 13.0. The molecular formula is C13H17BrFNO2. The second kappa shape index (κ2) is 7.07. The molecule has 1 fully saturated rings. The molecule has 1 aromatic rings. The summed E-state index contributed by atoms with van der Waals surface area (Å²) in [6, 6.07) is 5.20. The van der Waals surface area contributed by atoms with Crippen molar-refractivity contribution in [2.24, 2.45) is 0 Å². The minimum Gasteiger partial charge on any atom is -0.492 e. The van der Waals surface area contributed by atoms with Gasteiger partial charge in [-0.1, -0.05) is 0 Å². The zero-order valence-electron chi connectivity index (χ0n) is 10.1. The zero-order chi connectivity index (χ0) is 12.8. The van der Waals surface area contributed by atoms with Gasteiger partial charge in [-0.15, -0.1) is 0 Å². The number of ether oxygens (including phenoxy) is 2. The summed E-state index contributed by atoms with van der Waals surface area (Å²) in [4.78, 5) is 0. The number of hydrogen-bond acceptors (Lipinski definition) is 3. The van der Waals surface area contributed by atoms with Crippen molar-refractivity contribution in [3.05, 3.63) is 28.5 Å². The van der Waals surface area contributed by atoms with E-state index >= 15 is 0 Å². The Bertz CT molecular complexity index is 383.